The lowest BCUT2D eigenvalue weighted by molar-refractivity contribution is -0.141. The van der Waals surface area contributed by atoms with E-state index in [1.165, 1.54) is 19.2 Å². The fourth-order valence-corrected chi connectivity index (χ4v) is 2.86. The Morgan fingerprint density at radius 3 is 2.60 bits per heavy atom. The molecule has 6 nitrogen and oxygen atoms in total. The monoisotopic (exact) mass is 439 g/mol. The third-order valence-electron chi connectivity index (χ3n) is 4.03. The lowest BCUT2D eigenvalue weighted by Crippen LogP contribution is -2.21. The summed E-state index contributed by atoms with van der Waals surface area (Å²) in [6, 6.07) is 12.1. The number of nitrogens with one attached hydrogen (secondary N) is 1. The Balaban J connectivity index is 1.83. The molecule has 3 rings (SSSR count). The minimum absolute atomic E-state index is 0.174. The van der Waals surface area contributed by atoms with E-state index in [2.05, 4.69) is 10.4 Å². The molecule has 3 aromatic rings. The highest BCUT2D eigenvalue weighted by Crippen LogP contribution is 2.33. The Morgan fingerprint density at radius 1 is 1.20 bits per heavy atom. The van der Waals surface area contributed by atoms with Crippen LogP contribution in [0.3, 0.4) is 0 Å². The number of methoxy groups -OCH3 is 1. The zero-order chi connectivity index (χ0) is 21.9. The maximum Gasteiger partial charge on any atom is 0.435 e. The molecule has 0 aliphatic rings. The van der Waals surface area contributed by atoms with Crippen molar-refractivity contribution in [2.75, 3.05) is 19.0 Å². The molecule has 1 amide bonds. The second kappa shape index (κ2) is 8.66. The molecular formula is C20H17ClF3N3O3. The number of aromatic nitrogens is 2. The topological polar surface area (TPSA) is 65.4 Å². The van der Waals surface area contributed by atoms with Gasteiger partial charge in [-0.1, -0.05) is 29.8 Å². The zero-order valence-electron chi connectivity index (χ0n) is 16.0. The Bertz CT molecular complexity index is 1070. The molecule has 1 N–H and O–H groups in total. The molecule has 0 spiro atoms. The number of hydrogen-bond donors (Lipinski definition) is 1. The van der Waals surface area contributed by atoms with Crippen LogP contribution >= 0.6 is 11.6 Å². The summed E-state index contributed by atoms with van der Waals surface area (Å²) in [5, 5.41) is 6.33. The van der Waals surface area contributed by atoms with Gasteiger partial charge in [0.05, 0.1) is 23.5 Å². The molecule has 30 heavy (non-hydrogen) atoms. The molecule has 0 fully saturated rings. The first-order chi connectivity index (χ1) is 14.2. The van der Waals surface area contributed by atoms with Gasteiger partial charge in [0.2, 0.25) is 5.88 Å². The first-order valence-corrected chi connectivity index (χ1v) is 9.06. The summed E-state index contributed by atoms with van der Waals surface area (Å²) >= 11 is 6.08. The summed E-state index contributed by atoms with van der Waals surface area (Å²) in [7, 11) is 1.46. The van der Waals surface area contributed by atoms with Crippen molar-refractivity contribution in [1.82, 2.24) is 9.78 Å². The molecule has 0 unspecified atom stereocenters. The van der Waals surface area contributed by atoms with Crippen LogP contribution in [-0.2, 0) is 11.0 Å². The average molecular weight is 440 g/mol. The number of amides is 1. The van der Waals surface area contributed by atoms with Gasteiger partial charge in [-0.25, -0.2) is 0 Å². The summed E-state index contributed by atoms with van der Waals surface area (Å²) in [5.74, 6) is -0.421. The zero-order valence-corrected chi connectivity index (χ0v) is 16.7. The predicted molar refractivity (Wildman–Crippen MR) is 105 cm³/mol. The van der Waals surface area contributed by atoms with E-state index >= 15 is 0 Å². The maximum atomic E-state index is 13.1. The van der Waals surface area contributed by atoms with Crippen LogP contribution < -0.4 is 14.8 Å². The number of carbonyl (C=O) groups excluding carboxylic acids is 1. The van der Waals surface area contributed by atoms with Gasteiger partial charge in [0.1, 0.15) is 5.75 Å². The number of benzene rings is 2. The second-order valence-electron chi connectivity index (χ2n) is 6.27. The van der Waals surface area contributed by atoms with E-state index in [-0.39, 0.29) is 16.6 Å². The van der Waals surface area contributed by atoms with Crippen molar-refractivity contribution in [2.45, 2.75) is 13.1 Å². The standard InChI is InChI=1S/C20H17ClF3N3O3/c1-12-7-8-16(29-2)14(9-12)25-18(28)11-30-19-10-17(20(22,23)24)26-27(19)15-6-4-3-5-13(15)21/h3-10H,11H2,1-2H3,(H,25,28). The number of ether oxygens (including phenoxy) is 2. The predicted octanol–water partition coefficient (Wildman–Crippen LogP) is 4.88. The number of rotatable bonds is 6. The molecule has 0 atom stereocenters. The third-order valence-corrected chi connectivity index (χ3v) is 4.35. The smallest absolute Gasteiger partial charge is 0.435 e. The number of para-hydroxylation sites is 1. The molecule has 158 valence electrons. The number of aryl methyl sites for hydroxylation is 1. The minimum atomic E-state index is -4.69. The van der Waals surface area contributed by atoms with Crippen molar-refractivity contribution < 1.29 is 27.4 Å². The van der Waals surface area contributed by atoms with Gasteiger partial charge in [-0.05, 0) is 36.8 Å². The molecule has 0 radical (unpaired) electrons. The van der Waals surface area contributed by atoms with E-state index in [9.17, 15) is 18.0 Å². The normalized spacial score (nSPS) is 11.3. The molecule has 0 aliphatic heterocycles. The van der Waals surface area contributed by atoms with Crippen molar-refractivity contribution in [3.63, 3.8) is 0 Å². The van der Waals surface area contributed by atoms with Gasteiger partial charge < -0.3 is 14.8 Å². The summed E-state index contributed by atoms with van der Waals surface area (Å²) in [4.78, 5) is 12.3. The first kappa shape index (κ1) is 21.5. The second-order valence-corrected chi connectivity index (χ2v) is 6.68. The number of nitrogens with zero attached hydrogens (tertiary/aromatic N) is 2. The van der Waals surface area contributed by atoms with Gasteiger partial charge in [0, 0.05) is 6.07 Å². The first-order valence-electron chi connectivity index (χ1n) is 8.68. The van der Waals surface area contributed by atoms with Gasteiger partial charge in [0.15, 0.2) is 12.3 Å². The molecule has 1 aromatic heterocycles. The Hall–Kier alpha value is -3.20. The third kappa shape index (κ3) is 4.85. The largest absolute Gasteiger partial charge is 0.495 e. The van der Waals surface area contributed by atoms with E-state index in [4.69, 9.17) is 21.1 Å². The minimum Gasteiger partial charge on any atom is -0.495 e. The van der Waals surface area contributed by atoms with Crippen LogP contribution in [-0.4, -0.2) is 29.4 Å². The van der Waals surface area contributed by atoms with Crippen LogP contribution in [0.5, 0.6) is 11.6 Å². The lowest BCUT2D eigenvalue weighted by atomic mass is 10.2. The number of halogens is 4. The quantitative estimate of drug-likeness (QED) is 0.594. The Labute approximate surface area is 175 Å². The van der Waals surface area contributed by atoms with Gasteiger partial charge in [0.25, 0.3) is 5.91 Å². The molecule has 0 saturated heterocycles. The Morgan fingerprint density at radius 2 is 1.93 bits per heavy atom. The molecule has 2 aromatic carbocycles. The fourth-order valence-electron chi connectivity index (χ4n) is 2.65. The molecule has 0 bridgehead atoms. The van der Waals surface area contributed by atoms with Crippen molar-refractivity contribution in [2.24, 2.45) is 0 Å². The van der Waals surface area contributed by atoms with Crippen molar-refractivity contribution in [3.8, 4) is 17.3 Å². The SMILES string of the molecule is COc1ccc(C)cc1NC(=O)COc1cc(C(F)(F)F)nn1-c1ccccc1Cl. The summed E-state index contributed by atoms with van der Waals surface area (Å²) in [5.41, 5.74) is 0.323. The molecular weight excluding hydrogens is 423 g/mol. The van der Waals surface area contributed by atoms with Crippen LogP contribution in [0.15, 0.2) is 48.5 Å². The van der Waals surface area contributed by atoms with Crippen LogP contribution in [0.1, 0.15) is 11.3 Å². The number of anilines is 1. The molecule has 0 aliphatic carbocycles. The van der Waals surface area contributed by atoms with E-state index in [1.54, 1.807) is 24.3 Å². The number of hydrogen-bond acceptors (Lipinski definition) is 4. The highest BCUT2D eigenvalue weighted by atomic mass is 35.5. The van der Waals surface area contributed by atoms with Crippen LogP contribution in [0.2, 0.25) is 5.02 Å². The van der Waals surface area contributed by atoms with E-state index in [0.29, 0.717) is 17.5 Å². The highest BCUT2D eigenvalue weighted by molar-refractivity contribution is 6.32. The number of carbonyl (C=O) groups is 1. The molecule has 0 saturated carbocycles. The van der Waals surface area contributed by atoms with Crippen molar-refractivity contribution in [1.29, 1.82) is 0 Å². The van der Waals surface area contributed by atoms with Gasteiger partial charge in [-0.2, -0.15) is 23.0 Å². The molecule has 10 heteroatoms. The Kier molecular flexibility index (Phi) is 6.21. The van der Waals surface area contributed by atoms with Crippen LogP contribution in [0.4, 0.5) is 18.9 Å². The van der Waals surface area contributed by atoms with Gasteiger partial charge in [-0.15, -0.1) is 0 Å². The summed E-state index contributed by atoms with van der Waals surface area (Å²) in [6.45, 7) is 1.29. The fraction of sp³-hybridized carbons (Fsp3) is 0.200. The van der Waals surface area contributed by atoms with Gasteiger partial charge in [-0.3, -0.25) is 4.79 Å². The summed E-state index contributed by atoms with van der Waals surface area (Å²) in [6.07, 6.45) is -4.69. The molecule has 1 heterocycles. The summed E-state index contributed by atoms with van der Waals surface area (Å²) < 4.78 is 50.9. The highest BCUT2D eigenvalue weighted by Gasteiger charge is 2.36. The number of alkyl halides is 3. The van der Waals surface area contributed by atoms with Gasteiger partial charge >= 0.3 is 6.18 Å². The lowest BCUT2D eigenvalue weighted by Gasteiger charge is -2.12. The average Bonchev–Trinajstić information content (AvgIpc) is 3.11. The van der Waals surface area contributed by atoms with Crippen molar-refractivity contribution >= 4 is 23.2 Å². The maximum absolute atomic E-state index is 13.1. The van der Waals surface area contributed by atoms with E-state index in [0.717, 1.165) is 10.2 Å². The van der Waals surface area contributed by atoms with E-state index < -0.39 is 24.4 Å². The van der Waals surface area contributed by atoms with Crippen molar-refractivity contribution in [3.05, 3.63) is 64.8 Å². The van der Waals surface area contributed by atoms with Crippen LogP contribution in [0, 0.1) is 6.92 Å². The van der Waals surface area contributed by atoms with Crippen LogP contribution in [0.25, 0.3) is 5.69 Å². The van der Waals surface area contributed by atoms with E-state index in [1.807, 2.05) is 13.0 Å².